The van der Waals surface area contributed by atoms with E-state index in [9.17, 15) is 22.8 Å². The van der Waals surface area contributed by atoms with Crippen LogP contribution < -0.4 is 4.90 Å². The first-order chi connectivity index (χ1) is 11.2. The minimum absolute atomic E-state index is 0.180. The van der Waals surface area contributed by atoms with Crippen molar-refractivity contribution in [3.05, 3.63) is 29.5 Å². The van der Waals surface area contributed by atoms with E-state index in [2.05, 4.69) is 10.2 Å². The number of anilines is 1. The maximum absolute atomic E-state index is 12.4. The molecule has 1 N–H and O–H groups in total. The Morgan fingerprint density at radius 2 is 1.79 bits per heavy atom. The third-order valence-corrected chi connectivity index (χ3v) is 3.57. The number of carbonyl (C=O) groups excluding carboxylic acids is 1. The van der Waals surface area contributed by atoms with Crippen LogP contribution in [0.1, 0.15) is 17.4 Å². The Morgan fingerprint density at radius 3 is 2.25 bits per heavy atom. The lowest BCUT2D eigenvalue weighted by Gasteiger charge is -2.34. The Labute approximate surface area is 135 Å². The van der Waals surface area contributed by atoms with Gasteiger partial charge in [0.25, 0.3) is 0 Å². The van der Waals surface area contributed by atoms with E-state index in [1.165, 1.54) is 17.0 Å². The molecule has 1 aliphatic heterocycles. The highest BCUT2D eigenvalue weighted by Gasteiger charge is 2.31. The van der Waals surface area contributed by atoms with Gasteiger partial charge in [-0.25, -0.2) is 4.79 Å². The molecule has 7 nitrogen and oxygen atoms in total. The molecule has 24 heavy (non-hydrogen) atoms. The fourth-order valence-electron chi connectivity index (χ4n) is 2.12. The Hall–Kier alpha value is -2.65. The molecular formula is C14H15F3N4O3. The highest BCUT2D eigenvalue weighted by molar-refractivity contribution is 5.88. The highest BCUT2D eigenvalue weighted by Crippen LogP contribution is 2.25. The molecule has 10 heteroatoms. The summed E-state index contributed by atoms with van der Waals surface area (Å²) in [7, 11) is 0. The van der Waals surface area contributed by atoms with Crippen molar-refractivity contribution in [1.82, 2.24) is 15.1 Å². The van der Waals surface area contributed by atoms with Crippen LogP contribution in [0.4, 0.5) is 19.0 Å². The molecule has 0 saturated carbocycles. The predicted octanol–water partition coefficient (Wildman–Crippen LogP) is 1.33. The lowest BCUT2D eigenvalue weighted by Crippen LogP contribution is -2.48. The number of nitrogens with zero attached hydrogens (tertiary/aromatic N) is 4. The van der Waals surface area contributed by atoms with Crippen LogP contribution in [0.5, 0.6) is 0 Å². The van der Waals surface area contributed by atoms with E-state index in [0.717, 1.165) is 6.92 Å². The van der Waals surface area contributed by atoms with E-state index < -0.39 is 23.6 Å². The van der Waals surface area contributed by atoms with Gasteiger partial charge >= 0.3 is 12.1 Å². The van der Waals surface area contributed by atoms with Crippen molar-refractivity contribution >= 4 is 17.7 Å². The predicted molar refractivity (Wildman–Crippen MR) is 77.6 cm³/mol. The van der Waals surface area contributed by atoms with Gasteiger partial charge in [0.05, 0.1) is 0 Å². The Morgan fingerprint density at radius 1 is 1.17 bits per heavy atom. The van der Waals surface area contributed by atoms with E-state index >= 15 is 0 Å². The summed E-state index contributed by atoms with van der Waals surface area (Å²) in [4.78, 5) is 25.7. The molecule has 0 unspecified atom stereocenters. The molecule has 0 aromatic carbocycles. The third-order valence-electron chi connectivity index (χ3n) is 3.57. The molecule has 1 aromatic heterocycles. The van der Waals surface area contributed by atoms with E-state index in [-0.39, 0.29) is 18.8 Å². The summed E-state index contributed by atoms with van der Waals surface area (Å²) < 4.78 is 37.3. The molecule has 0 aliphatic carbocycles. The second kappa shape index (κ2) is 6.85. The van der Waals surface area contributed by atoms with Crippen molar-refractivity contribution in [1.29, 1.82) is 0 Å². The molecular weight excluding hydrogens is 329 g/mol. The molecule has 2 heterocycles. The average molecular weight is 344 g/mol. The van der Waals surface area contributed by atoms with E-state index in [1.807, 2.05) is 0 Å². The van der Waals surface area contributed by atoms with Crippen molar-refractivity contribution in [3.8, 4) is 0 Å². The van der Waals surface area contributed by atoms with Gasteiger partial charge in [0.15, 0.2) is 11.5 Å². The van der Waals surface area contributed by atoms with Gasteiger partial charge in [-0.1, -0.05) is 0 Å². The standard InChI is InChI=1S/C14H15F3N4O3/c1-9(14(15,16)17)8-12(22)21-6-4-20(5-7-21)11-3-2-10(13(23)24)18-19-11/h2-3,8H,4-7H2,1H3,(H,23,24)/b9-8+. The number of rotatable bonds is 3. The topological polar surface area (TPSA) is 86.6 Å². The maximum atomic E-state index is 12.4. The largest absolute Gasteiger partial charge is 0.476 e. The number of amides is 1. The van der Waals surface area contributed by atoms with Gasteiger partial charge in [-0.05, 0) is 19.1 Å². The number of carboxylic acids is 1. The minimum atomic E-state index is -4.51. The fraction of sp³-hybridized carbons (Fsp3) is 0.429. The number of hydrogen-bond donors (Lipinski definition) is 1. The van der Waals surface area contributed by atoms with Crippen LogP contribution >= 0.6 is 0 Å². The van der Waals surface area contributed by atoms with Gasteiger partial charge in [0, 0.05) is 37.8 Å². The number of hydrogen-bond acceptors (Lipinski definition) is 5. The summed E-state index contributed by atoms with van der Waals surface area (Å²) in [6.07, 6.45) is -3.92. The van der Waals surface area contributed by atoms with Gasteiger partial charge in [0.2, 0.25) is 5.91 Å². The average Bonchev–Trinajstić information content (AvgIpc) is 2.54. The smallest absolute Gasteiger partial charge is 0.412 e. The van der Waals surface area contributed by atoms with Crippen LogP contribution in [0.15, 0.2) is 23.8 Å². The second-order valence-electron chi connectivity index (χ2n) is 5.22. The SMILES string of the molecule is C/C(=C\C(=O)N1CCN(c2ccc(C(=O)O)nn2)CC1)C(F)(F)F. The van der Waals surface area contributed by atoms with E-state index in [1.54, 1.807) is 4.90 Å². The van der Waals surface area contributed by atoms with Gasteiger partial charge in [-0.2, -0.15) is 13.2 Å². The number of carboxylic acid groups (broad SMARTS) is 1. The Kier molecular flexibility index (Phi) is 5.05. The molecule has 130 valence electrons. The third kappa shape index (κ3) is 4.21. The van der Waals surface area contributed by atoms with Gasteiger partial charge in [-0.3, -0.25) is 4.79 Å². The molecule has 1 aromatic rings. The van der Waals surface area contributed by atoms with Gasteiger partial charge < -0.3 is 14.9 Å². The van der Waals surface area contributed by atoms with Crippen molar-refractivity contribution in [3.63, 3.8) is 0 Å². The van der Waals surface area contributed by atoms with Crippen molar-refractivity contribution < 1.29 is 27.9 Å². The zero-order valence-electron chi connectivity index (χ0n) is 12.7. The molecule has 0 atom stereocenters. The Balaban J connectivity index is 1.96. The number of piperazine rings is 1. The zero-order chi connectivity index (χ0) is 17.9. The molecule has 0 spiro atoms. The van der Waals surface area contributed by atoms with Crippen LogP contribution in [-0.4, -0.2) is 64.4 Å². The summed E-state index contributed by atoms with van der Waals surface area (Å²) in [5.41, 5.74) is -1.12. The number of halogens is 3. The lowest BCUT2D eigenvalue weighted by molar-refractivity contribution is -0.127. The normalized spacial score (nSPS) is 16.2. The number of aromatic nitrogens is 2. The minimum Gasteiger partial charge on any atom is -0.476 e. The first kappa shape index (κ1) is 17.7. The number of aromatic carboxylic acids is 1. The molecule has 1 saturated heterocycles. The molecule has 1 amide bonds. The fourth-order valence-corrected chi connectivity index (χ4v) is 2.12. The summed E-state index contributed by atoms with van der Waals surface area (Å²) in [6, 6.07) is 2.82. The van der Waals surface area contributed by atoms with Crippen LogP contribution in [0, 0.1) is 0 Å². The van der Waals surface area contributed by atoms with Gasteiger partial charge in [0.1, 0.15) is 0 Å². The lowest BCUT2D eigenvalue weighted by atomic mass is 10.2. The molecule has 1 aliphatic rings. The van der Waals surface area contributed by atoms with Crippen molar-refractivity contribution in [2.45, 2.75) is 13.1 Å². The monoisotopic (exact) mass is 344 g/mol. The summed E-state index contributed by atoms with van der Waals surface area (Å²) in [6.45, 7) is 2.07. The zero-order valence-corrected chi connectivity index (χ0v) is 12.7. The molecule has 0 bridgehead atoms. The number of allylic oxidation sites excluding steroid dienone is 1. The Bertz CT molecular complexity index is 650. The van der Waals surface area contributed by atoms with E-state index in [4.69, 9.17) is 5.11 Å². The number of carbonyl (C=O) groups is 2. The quantitative estimate of drug-likeness (QED) is 0.833. The van der Waals surface area contributed by atoms with Crippen LogP contribution in [0.2, 0.25) is 0 Å². The molecule has 1 fully saturated rings. The summed E-state index contributed by atoms with van der Waals surface area (Å²) in [5.74, 6) is -1.41. The van der Waals surface area contributed by atoms with E-state index in [0.29, 0.717) is 25.0 Å². The summed E-state index contributed by atoms with van der Waals surface area (Å²) >= 11 is 0. The van der Waals surface area contributed by atoms with Crippen LogP contribution in [-0.2, 0) is 4.79 Å². The van der Waals surface area contributed by atoms with Crippen LogP contribution in [0.3, 0.4) is 0 Å². The van der Waals surface area contributed by atoms with Gasteiger partial charge in [-0.15, -0.1) is 10.2 Å². The van der Waals surface area contributed by atoms with Crippen molar-refractivity contribution in [2.24, 2.45) is 0 Å². The summed E-state index contributed by atoms with van der Waals surface area (Å²) in [5, 5.41) is 16.1. The number of alkyl halides is 3. The first-order valence-electron chi connectivity index (χ1n) is 7.05. The first-order valence-corrected chi connectivity index (χ1v) is 7.05. The van der Waals surface area contributed by atoms with Crippen LogP contribution in [0.25, 0.3) is 0 Å². The second-order valence-corrected chi connectivity index (χ2v) is 5.22. The molecule has 0 radical (unpaired) electrons. The maximum Gasteiger partial charge on any atom is 0.412 e. The van der Waals surface area contributed by atoms with Crippen molar-refractivity contribution in [2.75, 3.05) is 31.1 Å². The molecule has 2 rings (SSSR count). The highest BCUT2D eigenvalue weighted by atomic mass is 19.4.